The molecule has 2 heteroatoms. The molecule has 0 aliphatic heterocycles. The van der Waals surface area contributed by atoms with Crippen molar-refractivity contribution in [3.8, 4) is 5.75 Å². The largest absolute Gasteiger partial charge is 0.496 e. The molecule has 0 aromatic heterocycles. The summed E-state index contributed by atoms with van der Waals surface area (Å²) in [6, 6.07) is 16.0. The summed E-state index contributed by atoms with van der Waals surface area (Å²) in [7, 11) is 1.93. The first kappa shape index (κ1) is 21.2. The molecule has 0 N–H and O–H groups in total. The fourth-order valence-corrected chi connectivity index (χ4v) is 5.46. The Morgan fingerprint density at radius 3 is 2.21 bits per heavy atom. The van der Waals surface area contributed by atoms with Crippen molar-refractivity contribution in [2.24, 2.45) is 0 Å². The number of rotatable bonds is 5. The van der Waals surface area contributed by atoms with E-state index in [0.717, 1.165) is 11.5 Å². The molecule has 1 saturated carbocycles. The van der Waals surface area contributed by atoms with Crippen LogP contribution in [0.15, 0.2) is 42.5 Å². The van der Waals surface area contributed by atoms with E-state index < -0.39 is 0 Å². The zero-order valence-electron chi connectivity index (χ0n) is 18.3. The summed E-state index contributed by atoms with van der Waals surface area (Å²) in [6.07, 6.45) is 8.50. The summed E-state index contributed by atoms with van der Waals surface area (Å²) < 4.78 is 6.12. The third-order valence-electron chi connectivity index (χ3n) is 6.19. The van der Waals surface area contributed by atoms with Gasteiger partial charge in [0, 0.05) is 22.3 Å². The Morgan fingerprint density at radius 2 is 1.68 bits per heavy atom. The lowest BCUT2D eigenvalue weighted by Crippen LogP contribution is -2.32. The normalized spacial score (nSPS) is 17.9. The zero-order valence-corrected chi connectivity index (χ0v) is 19.1. The van der Waals surface area contributed by atoms with Crippen LogP contribution in [0, 0.1) is 0 Å². The van der Waals surface area contributed by atoms with E-state index in [0.29, 0.717) is 0 Å². The van der Waals surface area contributed by atoms with Gasteiger partial charge in [-0.05, 0) is 35.6 Å². The van der Waals surface area contributed by atoms with Crippen LogP contribution in [0.1, 0.15) is 75.1 Å². The fourth-order valence-electron chi connectivity index (χ4n) is 4.72. The van der Waals surface area contributed by atoms with Crippen molar-refractivity contribution in [2.75, 3.05) is 13.4 Å². The van der Waals surface area contributed by atoms with Gasteiger partial charge in [-0.3, -0.25) is 0 Å². The van der Waals surface area contributed by atoms with Crippen molar-refractivity contribution in [3.05, 3.63) is 64.7 Å². The highest BCUT2D eigenvalue weighted by atomic mass is 32.2. The van der Waals surface area contributed by atoms with E-state index >= 15 is 0 Å². The van der Waals surface area contributed by atoms with Crippen molar-refractivity contribution in [2.45, 2.75) is 69.5 Å². The molecule has 0 radical (unpaired) electrons. The van der Waals surface area contributed by atoms with Gasteiger partial charge in [-0.15, -0.1) is 0 Å². The zero-order chi connectivity index (χ0) is 20.4. The highest BCUT2D eigenvalue weighted by Crippen LogP contribution is 2.50. The van der Waals surface area contributed by atoms with Gasteiger partial charge in [0.05, 0.1) is 7.11 Å². The molecule has 0 amide bonds. The molecule has 2 aromatic carbocycles. The molecular weight excluding hydrogens is 360 g/mol. The second-order valence-electron chi connectivity index (χ2n) is 9.40. The van der Waals surface area contributed by atoms with Crippen LogP contribution in [-0.4, -0.2) is 19.2 Å². The van der Waals surface area contributed by atoms with Gasteiger partial charge in [-0.2, -0.15) is 10.5 Å². The quantitative estimate of drug-likeness (QED) is 0.491. The average Bonchev–Trinajstić information content (AvgIpc) is 2.67. The van der Waals surface area contributed by atoms with E-state index in [1.54, 1.807) is 0 Å². The number of methoxy groups -OCH3 is 1. The molecule has 1 aliphatic carbocycles. The highest BCUT2D eigenvalue weighted by Gasteiger charge is 2.39. The predicted octanol–water partition coefficient (Wildman–Crippen LogP) is 7.07. The molecule has 1 atom stereocenters. The molecule has 2 aromatic rings. The average molecular weight is 397 g/mol. The summed E-state index contributed by atoms with van der Waals surface area (Å²) in [5, 5.41) is 0. The van der Waals surface area contributed by atoms with E-state index in [1.807, 2.05) is 7.11 Å². The molecule has 0 spiro atoms. The van der Waals surface area contributed by atoms with E-state index in [1.165, 1.54) is 54.4 Å². The second-order valence-corrected chi connectivity index (χ2v) is 11.3. The van der Waals surface area contributed by atoms with E-state index in [9.17, 15) is 0 Å². The van der Waals surface area contributed by atoms with Crippen molar-refractivity contribution in [1.82, 2.24) is 0 Å². The SMILES string of the molecule is C=[S@](C)Cc1cc(C(C)(C)C)cc(C2(c3ccccc3)CCCCC2)c1OC. The first-order valence-corrected chi connectivity index (χ1v) is 12.4. The number of ether oxygens (including phenoxy) is 1. The first-order valence-electron chi connectivity index (χ1n) is 10.5. The minimum Gasteiger partial charge on any atom is -0.496 e. The Balaban J connectivity index is 2.31. The summed E-state index contributed by atoms with van der Waals surface area (Å²) in [5.74, 6) is 6.37. The molecule has 152 valence electrons. The fraction of sp³-hybridized carbons (Fsp3) is 0.500. The Labute approximate surface area is 174 Å². The van der Waals surface area contributed by atoms with Crippen LogP contribution in [0.3, 0.4) is 0 Å². The van der Waals surface area contributed by atoms with Crippen molar-refractivity contribution in [1.29, 1.82) is 0 Å². The molecule has 1 nitrogen and oxygen atoms in total. The van der Waals surface area contributed by atoms with Crippen LogP contribution < -0.4 is 4.74 Å². The second kappa shape index (κ2) is 8.45. The number of hydrogen-bond donors (Lipinski definition) is 0. The smallest absolute Gasteiger partial charge is 0.126 e. The van der Waals surface area contributed by atoms with Gasteiger partial charge < -0.3 is 4.74 Å². The molecule has 0 unspecified atom stereocenters. The molecular formula is C26H36OS. The van der Waals surface area contributed by atoms with Crippen LogP contribution >= 0.6 is 10.5 Å². The third-order valence-corrected chi connectivity index (χ3v) is 6.99. The van der Waals surface area contributed by atoms with Crippen LogP contribution in [0.25, 0.3) is 0 Å². The first-order chi connectivity index (χ1) is 13.3. The highest BCUT2D eigenvalue weighted by molar-refractivity contribution is 8.12. The van der Waals surface area contributed by atoms with E-state index in [-0.39, 0.29) is 21.3 Å². The molecule has 1 fully saturated rings. The summed E-state index contributed by atoms with van der Waals surface area (Å²) in [6.45, 7) is 6.94. The lowest BCUT2D eigenvalue weighted by molar-refractivity contribution is 0.325. The topological polar surface area (TPSA) is 9.23 Å². The molecule has 0 saturated heterocycles. The van der Waals surface area contributed by atoms with Crippen molar-refractivity contribution >= 4 is 16.4 Å². The van der Waals surface area contributed by atoms with Gasteiger partial charge in [-0.25, -0.2) is 0 Å². The summed E-state index contributed by atoms with van der Waals surface area (Å²) in [5.41, 5.74) is 5.73. The van der Waals surface area contributed by atoms with Gasteiger partial charge in [0.15, 0.2) is 0 Å². The van der Waals surface area contributed by atoms with Crippen LogP contribution in [0.4, 0.5) is 0 Å². The van der Waals surface area contributed by atoms with Crippen LogP contribution in [-0.2, 0) is 16.6 Å². The van der Waals surface area contributed by atoms with E-state index in [4.69, 9.17) is 4.74 Å². The number of benzene rings is 2. The molecule has 3 rings (SSSR count). The molecule has 1 aliphatic rings. The van der Waals surface area contributed by atoms with Gasteiger partial charge >= 0.3 is 0 Å². The maximum Gasteiger partial charge on any atom is 0.126 e. The number of hydrogen-bond acceptors (Lipinski definition) is 1. The Hall–Kier alpha value is -1.54. The standard InChI is InChI=1S/C26H36OS/c1-25(2,3)22-17-20(19-28(5)6)24(27-4)23(18-22)26(15-11-8-12-16-26)21-13-9-7-10-14-21/h7,9-10,13-14,17-18H,5,8,11-12,15-16,19H2,1-4,6H3/t28-/m1/s1. The summed E-state index contributed by atoms with van der Waals surface area (Å²) in [4.78, 5) is 0. The van der Waals surface area contributed by atoms with Gasteiger partial charge in [-0.1, -0.05) is 88.4 Å². The van der Waals surface area contributed by atoms with Crippen molar-refractivity contribution in [3.63, 3.8) is 0 Å². The Kier molecular flexibility index (Phi) is 6.39. The maximum atomic E-state index is 6.12. The molecule has 0 heterocycles. The predicted molar refractivity (Wildman–Crippen MR) is 126 cm³/mol. The van der Waals surface area contributed by atoms with Crippen LogP contribution in [0.5, 0.6) is 5.75 Å². The minimum absolute atomic E-state index is 0.0500. The van der Waals surface area contributed by atoms with Crippen molar-refractivity contribution < 1.29 is 4.74 Å². The van der Waals surface area contributed by atoms with Crippen LogP contribution in [0.2, 0.25) is 0 Å². The third kappa shape index (κ3) is 4.22. The monoisotopic (exact) mass is 396 g/mol. The molecule has 28 heavy (non-hydrogen) atoms. The van der Waals surface area contributed by atoms with Gasteiger partial charge in [0.1, 0.15) is 5.75 Å². The summed E-state index contributed by atoms with van der Waals surface area (Å²) >= 11 is 0. The van der Waals surface area contributed by atoms with Gasteiger partial charge in [0.25, 0.3) is 0 Å². The lowest BCUT2D eigenvalue weighted by Gasteiger charge is -2.40. The Bertz CT molecular complexity index is 824. The lowest BCUT2D eigenvalue weighted by atomic mass is 9.64. The maximum absolute atomic E-state index is 6.12. The van der Waals surface area contributed by atoms with E-state index in [2.05, 4.69) is 75.4 Å². The minimum atomic E-state index is 0.0500. The Morgan fingerprint density at radius 1 is 1.04 bits per heavy atom. The van der Waals surface area contributed by atoms with Gasteiger partial charge in [0.2, 0.25) is 0 Å². The molecule has 0 bridgehead atoms.